The summed E-state index contributed by atoms with van der Waals surface area (Å²) in [6.45, 7) is 10.1. The summed E-state index contributed by atoms with van der Waals surface area (Å²) in [6, 6.07) is 16.0. The minimum Gasteiger partial charge on any atom is -0.497 e. The predicted molar refractivity (Wildman–Crippen MR) is 143 cm³/mol. The zero-order chi connectivity index (χ0) is 24.3. The maximum absolute atomic E-state index is 12.8. The molecule has 2 amide bonds. The smallest absolute Gasteiger partial charge is 0.321 e. The van der Waals surface area contributed by atoms with E-state index in [-0.39, 0.29) is 11.4 Å². The van der Waals surface area contributed by atoms with E-state index in [1.807, 2.05) is 29.2 Å². The molecule has 4 rings (SSSR count). The van der Waals surface area contributed by atoms with Crippen LogP contribution in [0.2, 0.25) is 0 Å². The van der Waals surface area contributed by atoms with Crippen LogP contribution in [-0.4, -0.2) is 53.3 Å². The molecule has 2 aromatic carbocycles. The highest BCUT2D eigenvalue weighted by molar-refractivity contribution is 8.15. The van der Waals surface area contributed by atoms with Crippen LogP contribution >= 0.6 is 11.8 Å². The predicted octanol–water partition coefficient (Wildman–Crippen LogP) is 5.97. The van der Waals surface area contributed by atoms with E-state index in [0.29, 0.717) is 13.1 Å². The summed E-state index contributed by atoms with van der Waals surface area (Å²) in [6.07, 6.45) is 1.45. The molecule has 180 valence electrons. The SMILES string of the molecule is CCSC1=NC2(CCN(C(=O)Nc3ccc(OC)cc3)CC2)N=C1c1ccc(C(C)(C)C)cc1. The molecule has 2 heterocycles. The van der Waals surface area contributed by atoms with Crippen LogP contribution in [0.4, 0.5) is 10.5 Å². The molecule has 2 aromatic rings. The Bertz CT molecular complexity index is 1080. The van der Waals surface area contributed by atoms with Crippen molar-refractivity contribution in [2.45, 2.75) is 51.6 Å². The van der Waals surface area contributed by atoms with Gasteiger partial charge in [-0.15, -0.1) is 11.8 Å². The first-order valence-electron chi connectivity index (χ1n) is 11.9. The number of piperidine rings is 1. The fourth-order valence-electron chi connectivity index (χ4n) is 4.24. The number of hydrogen-bond acceptors (Lipinski definition) is 5. The number of nitrogens with one attached hydrogen (secondary N) is 1. The fraction of sp³-hybridized carbons (Fsp3) is 0.444. The molecule has 0 bridgehead atoms. The Morgan fingerprint density at radius 1 is 1.06 bits per heavy atom. The maximum Gasteiger partial charge on any atom is 0.321 e. The van der Waals surface area contributed by atoms with E-state index in [0.717, 1.165) is 46.4 Å². The van der Waals surface area contributed by atoms with Crippen molar-refractivity contribution in [1.82, 2.24) is 4.90 Å². The third-order valence-electron chi connectivity index (χ3n) is 6.33. The molecule has 0 aromatic heterocycles. The van der Waals surface area contributed by atoms with E-state index >= 15 is 0 Å². The third kappa shape index (κ3) is 5.30. The largest absolute Gasteiger partial charge is 0.497 e. The summed E-state index contributed by atoms with van der Waals surface area (Å²) in [5.74, 6) is 1.71. The Labute approximate surface area is 206 Å². The fourth-order valence-corrected chi connectivity index (χ4v) is 5.05. The number of nitrogens with zero attached hydrogens (tertiary/aromatic N) is 3. The Balaban J connectivity index is 1.46. The number of likely N-dealkylation sites (tertiary alicyclic amines) is 1. The van der Waals surface area contributed by atoms with E-state index in [1.165, 1.54) is 5.56 Å². The van der Waals surface area contributed by atoms with Gasteiger partial charge < -0.3 is 15.0 Å². The van der Waals surface area contributed by atoms with Gasteiger partial charge in [-0.25, -0.2) is 9.79 Å². The van der Waals surface area contributed by atoms with Gasteiger partial charge in [0.25, 0.3) is 0 Å². The van der Waals surface area contributed by atoms with E-state index in [4.69, 9.17) is 14.7 Å². The van der Waals surface area contributed by atoms with E-state index in [1.54, 1.807) is 18.9 Å². The molecule has 6 nitrogen and oxygen atoms in total. The maximum atomic E-state index is 12.8. The van der Waals surface area contributed by atoms with Crippen molar-refractivity contribution < 1.29 is 9.53 Å². The zero-order valence-electron chi connectivity index (χ0n) is 20.7. The van der Waals surface area contributed by atoms with Crippen molar-refractivity contribution in [2.24, 2.45) is 9.98 Å². The van der Waals surface area contributed by atoms with Gasteiger partial charge in [-0.05, 0) is 41.0 Å². The Hall–Kier alpha value is -2.80. The van der Waals surface area contributed by atoms with Crippen LogP contribution < -0.4 is 10.1 Å². The summed E-state index contributed by atoms with van der Waals surface area (Å²) in [4.78, 5) is 24.9. The van der Waals surface area contributed by atoms with Gasteiger partial charge in [0, 0.05) is 37.2 Å². The molecule has 0 radical (unpaired) electrons. The van der Waals surface area contributed by atoms with Crippen molar-refractivity contribution >= 4 is 34.2 Å². The summed E-state index contributed by atoms with van der Waals surface area (Å²) in [7, 11) is 1.63. The van der Waals surface area contributed by atoms with Crippen LogP contribution in [0.5, 0.6) is 5.75 Å². The topological polar surface area (TPSA) is 66.3 Å². The number of rotatable bonds is 4. The Morgan fingerprint density at radius 3 is 2.26 bits per heavy atom. The van der Waals surface area contributed by atoms with Gasteiger partial charge in [0.15, 0.2) is 5.66 Å². The molecule has 0 unspecified atom stereocenters. The van der Waals surface area contributed by atoms with E-state index in [2.05, 4.69) is 57.3 Å². The van der Waals surface area contributed by atoms with Crippen LogP contribution in [0.15, 0.2) is 58.5 Å². The standard InChI is InChI=1S/C27H34N4O2S/c1-6-34-24-23(19-7-9-20(10-8-19)26(2,3)4)29-27(30-24)15-17-31(18-16-27)25(32)28-21-11-13-22(33-5)14-12-21/h7-14H,6,15-18H2,1-5H3,(H,28,32). The number of amides is 2. The second-order valence-corrected chi connectivity index (χ2v) is 11.0. The number of benzene rings is 2. The minimum atomic E-state index is -0.466. The van der Waals surface area contributed by atoms with Gasteiger partial charge in [0.2, 0.25) is 0 Å². The number of anilines is 1. The first-order chi connectivity index (χ1) is 16.2. The number of carbonyl (C=O) groups is 1. The summed E-state index contributed by atoms with van der Waals surface area (Å²) >= 11 is 1.75. The van der Waals surface area contributed by atoms with Gasteiger partial charge in [-0.3, -0.25) is 4.99 Å². The van der Waals surface area contributed by atoms with Crippen molar-refractivity contribution in [3.05, 3.63) is 59.7 Å². The number of carbonyl (C=O) groups excluding carboxylic acids is 1. The molecule has 1 N–H and O–H groups in total. The quantitative estimate of drug-likeness (QED) is 0.589. The zero-order valence-corrected chi connectivity index (χ0v) is 21.5. The van der Waals surface area contributed by atoms with Crippen LogP contribution in [0.1, 0.15) is 51.7 Å². The molecule has 7 heteroatoms. The number of methoxy groups -OCH3 is 1. The molecule has 1 fully saturated rings. The highest BCUT2D eigenvalue weighted by Gasteiger charge is 2.40. The lowest BCUT2D eigenvalue weighted by Gasteiger charge is -2.35. The summed E-state index contributed by atoms with van der Waals surface area (Å²) < 4.78 is 5.18. The molecule has 0 saturated carbocycles. The molecule has 2 aliphatic heterocycles. The van der Waals surface area contributed by atoms with Crippen molar-refractivity contribution in [1.29, 1.82) is 0 Å². The Kier molecular flexibility index (Phi) is 7.03. The normalized spacial score (nSPS) is 17.4. The first kappa shape index (κ1) is 24.3. The highest BCUT2D eigenvalue weighted by atomic mass is 32.2. The molecular formula is C27H34N4O2S. The van der Waals surface area contributed by atoms with Crippen molar-refractivity contribution in [3.8, 4) is 5.75 Å². The van der Waals surface area contributed by atoms with E-state index < -0.39 is 5.66 Å². The molecular weight excluding hydrogens is 444 g/mol. The number of urea groups is 1. The monoisotopic (exact) mass is 478 g/mol. The van der Waals surface area contributed by atoms with Gasteiger partial charge in [0.1, 0.15) is 10.8 Å². The van der Waals surface area contributed by atoms with Crippen molar-refractivity contribution in [2.75, 3.05) is 31.3 Å². The van der Waals surface area contributed by atoms with Crippen LogP contribution in [0.25, 0.3) is 0 Å². The lowest BCUT2D eigenvalue weighted by atomic mass is 9.86. The van der Waals surface area contributed by atoms with Crippen LogP contribution in [-0.2, 0) is 5.41 Å². The summed E-state index contributed by atoms with van der Waals surface area (Å²) in [5.41, 5.74) is 3.82. The number of hydrogen-bond donors (Lipinski definition) is 1. The average Bonchev–Trinajstić information content (AvgIpc) is 3.17. The molecule has 0 atom stereocenters. The number of aliphatic imine (C=N–C) groups is 2. The summed E-state index contributed by atoms with van der Waals surface area (Å²) in [5, 5.41) is 3.99. The third-order valence-corrected chi connectivity index (χ3v) is 7.18. The first-order valence-corrected chi connectivity index (χ1v) is 12.9. The molecule has 34 heavy (non-hydrogen) atoms. The van der Waals surface area contributed by atoms with Gasteiger partial charge in [-0.1, -0.05) is 52.0 Å². The van der Waals surface area contributed by atoms with Crippen molar-refractivity contribution in [3.63, 3.8) is 0 Å². The van der Waals surface area contributed by atoms with Gasteiger partial charge in [-0.2, -0.15) is 0 Å². The molecule has 2 aliphatic rings. The van der Waals surface area contributed by atoms with Gasteiger partial charge >= 0.3 is 6.03 Å². The van der Waals surface area contributed by atoms with E-state index in [9.17, 15) is 4.79 Å². The number of thioether (sulfide) groups is 1. The average molecular weight is 479 g/mol. The Morgan fingerprint density at radius 2 is 1.71 bits per heavy atom. The van der Waals surface area contributed by atoms with Crippen LogP contribution in [0.3, 0.4) is 0 Å². The lowest BCUT2D eigenvalue weighted by Crippen LogP contribution is -2.46. The number of ether oxygens (including phenoxy) is 1. The van der Waals surface area contributed by atoms with Crippen LogP contribution in [0, 0.1) is 0 Å². The minimum absolute atomic E-state index is 0.0906. The molecule has 1 spiro atoms. The lowest BCUT2D eigenvalue weighted by molar-refractivity contribution is 0.175. The van der Waals surface area contributed by atoms with Gasteiger partial charge in [0.05, 0.1) is 12.8 Å². The molecule has 0 aliphatic carbocycles. The second kappa shape index (κ2) is 9.82. The molecule has 1 saturated heterocycles. The highest BCUT2D eigenvalue weighted by Crippen LogP contribution is 2.36. The second-order valence-electron chi connectivity index (χ2n) is 9.77.